The first kappa shape index (κ1) is 21.8. The molecule has 3 aromatic heterocycles. The van der Waals surface area contributed by atoms with Crippen molar-refractivity contribution in [2.75, 3.05) is 0 Å². The van der Waals surface area contributed by atoms with Gasteiger partial charge in [-0.25, -0.2) is 0 Å². The van der Waals surface area contributed by atoms with Crippen molar-refractivity contribution in [3.63, 3.8) is 0 Å². The third kappa shape index (κ3) is 3.53. The minimum Gasteiger partial charge on any atom is -0.458 e. The molecule has 182 valence electrons. The number of ether oxygens (including phenoxy) is 2. The average Bonchev–Trinajstić information content (AvgIpc) is 3.02. The summed E-state index contributed by atoms with van der Waals surface area (Å²) in [6, 6.07) is 29.0. The zero-order valence-electron chi connectivity index (χ0n) is 20.8. The van der Waals surface area contributed by atoms with E-state index in [9.17, 15) is 0 Å². The normalized spacial score (nSPS) is 12.5. The SMILES string of the molecule is c1cncc(-c2ccc3c(c2)B2c4cc(-c5cccnc5)ccc4Oc4c(-c5cccnc5)ccc(c42)O3)c1. The van der Waals surface area contributed by atoms with E-state index in [0.717, 1.165) is 72.8 Å². The van der Waals surface area contributed by atoms with Crippen molar-refractivity contribution in [3.8, 4) is 56.4 Å². The summed E-state index contributed by atoms with van der Waals surface area (Å²) in [6.07, 6.45) is 11.0. The molecule has 0 bridgehead atoms. The third-order valence-electron chi connectivity index (χ3n) is 7.48. The molecule has 5 nitrogen and oxygen atoms in total. The number of nitrogens with zero attached hydrogens (tertiary/aromatic N) is 3. The lowest BCUT2D eigenvalue weighted by Gasteiger charge is -2.34. The average molecular weight is 501 g/mol. The molecule has 2 aliphatic rings. The number of hydrogen-bond donors (Lipinski definition) is 0. The topological polar surface area (TPSA) is 57.1 Å². The Morgan fingerprint density at radius 3 is 1.59 bits per heavy atom. The molecule has 39 heavy (non-hydrogen) atoms. The van der Waals surface area contributed by atoms with Gasteiger partial charge in [-0.2, -0.15) is 0 Å². The summed E-state index contributed by atoms with van der Waals surface area (Å²) in [4.78, 5) is 13.0. The Bertz CT molecular complexity index is 1810. The van der Waals surface area contributed by atoms with Crippen LogP contribution in [-0.4, -0.2) is 21.7 Å². The molecule has 6 heteroatoms. The maximum absolute atomic E-state index is 6.70. The van der Waals surface area contributed by atoms with E-state index in [4.69, 9.17) is 9.47 Å². The fourth-order valence-corrected chi connectivity index (χ4v) is 5.67. The van der Waals surface area contributed by atoms with Gasteiger partial charge in [-0.3, -0.25) is 15.0 Å². The summed E-state index contributed by atoms with van der Waals surface area (Å²) in [7, 11) is 0. The van der Waals surface area contributed by atoms with Gasteiger partial charge < -0.3 is 9.47 Å². The van der Waals surface area contributed by atoms with E-state index >= 15 is 0 Å². The second-order valence-electron chi connectivity index (χ2n) is 9.72. The van der Waals surface area contributed by atoms with Gasteiger partial charge in [0.15, 0.2) is 0 Å². The molecule has 0 spiro atoms. The van der Waals surface area contributed by atoms with Gasteiger partial charge in [-0.15, -0.1) is 0 Å². The summed E-state index contributed by atoms with van der Waals surface area (Å²) in [6.45, 7) is -0.0765. The van der Waals surface area contributed by atoms with Crippen molar-refractivity contribution in [2.24, 2.45) is 0 Å². The van der Waals surface area contributed by atoms with Crippen LogP contribution in [0, 0.1) is 0 Å². The molecule has 0 radical (unpaired) electrons. The molecule has 6 aromatic rings. The Labute approximate surface area is 225 Å². The van der Waals surface area contributed by atoms with Crippen LogP contribution in [0.3, 0.4) is 0 Å². The van der Waals surface area contributed by atoms with E-state index in [1.165, 1.54) is 0 Å². The summed E-state index contributed by atoms with van der Waals surface area (Å²) in [5.74, 6) is 3.30. The van der Waals surface area contributed by atoms with Gasteiger partial charge in [0.2, 0.25) is 0 Å². The highest BCUT2D eigenvalue weighted by molar-refractivity contribution is 6.98. The molecule has 3 aromatic carbocycles. The zero-order chi connectivity index (χ0) is 25.8. The molecule has 2 aliphatic heterocycles. The van der Waals surface area contributed by atoms with Crippen LogP contribution in [0.5, 0.6) is 23.0 Å². The maximum Gasteiger partial charge on any atom is 0.260 e. The highest BCUT2D eigenvalue weighted by atomic mass is 16.5. The van der Waals surface area contributed by atoms with Gasteiger partial charge in [-0.05, 0) is 75.6 Å². The van der Waals surface area contributed by atoms with E-state index in [1.54, 1.807) is 18.6 Å². The van der Waals surface area contributed by atoms with Crippen LogP contribution >= 0.6 is 0 Å². The van der Waals surface area contributed by atoms with Crippen molar-refractivity contribution >= 4 is 23.1 Å². The Morgan fingerprint density at radius 1 is 0.487 bits per heavy atom. The summed E-state index contributed by atoms with van der Waals surface area (Å²) in [5.41, 5.74) is 9.53. The van der Waals surface area contributed by atoms with E-state index in [1.807, 2.05) is 42.9 Å². The molecule has 0 N–H and O–H groups in total. The van der Waals surface area contributed by atoms with E-state index in [0.29, 0.717) is 0 Å². The molecule has 0 saturated carbocycles. The number of pyridine rings is 3. The van der Waals surface area contributed by atoms with Gasteiger partial charge in [0, 0.05) is 53.8 Å². The number of fused-ring (bicyclic) bond motifs is 4. The highest BCUT2D eigenvalue weighted by Gasteiger charge is 2.41. The standard InChI is InChI=1S/C33H20BN3O2/c1-4-23(18-35-13-1)21-7-10-29-27(16-21)34-28-17-22(24-5-2-14-36-19-24)8-11-30(28)39-33-26(25-6-3-15-37-20-25)9-12-31(38-29)32(33)34/h1-20H. The summed E-state index contributed by atoms with van der Waals surface area (Å²) in [5, 5.41) is 0. The second kappa shape index (κ2) is 8.67. The Kier molecular flexibility index (Phi) is 4.85. The lowest BCUT2D eigenvalue weighted by Crippen LogP contribution is -2.57. The van der Waals surface area contributed by atoms with E-state index in [2.05, 4.69) is 75.6 Å². The lowest BCUT2D eigenvalue weighted by molar-refractivity contribution is 0.465. The fourth-order valence-electron chi connectivity index (χ4n) is 5.67. The third-order valence-corrected chi connectivity index (χ3v) is 7.48. The van der Waals surface area contributed by atoms with Gasteiger partial charge in [0.25, 0.3) is 6.71 Å². The molecular weight excluding hydrogens is 481 g/mol. The molecule has 0 atom stereocenters. The Hall–Kier alpha value is -5.23. The van der Waals surface area contributed by atoms with Gasteiger partial charge in [0.05, 0.1) is 0 Å². The van der Waals surface area contributed by atoms with Crippen LogP contribution in [0.15, 0.2) is 122 Å². The quantitative estimate of drug-likeness (QED) is 0.295. The molecule has 0 amide bonds. The monoisotopic (exact) mass is 501 g/mol. The first-order valence-electron chi connectivity index (χ1n) is 12.9. The number of aromatic nitrogens is 3. The zero-order valence-corrected chi connectivity index (χ0v) is 20.8. The first-order chi connectivity index (χ1) is 19.3. The maximum atomic E-state index is 6.70. The van der Waals surface area contributed by atoms with Crippen LogP contribution < -0.4 is 25.9 Å². The van der Waals surface area contributed by atoms with Crippen molar-refractivity contribution in [1.29, 1.82) is 0 Å². The van der Waals surface area contributed by atoms with Crippen LogP contribution in [0.25, 0.3) is 33.4 Å². The van der Waals surface area contributed by atoms with Crippen LogP contribution in [0.1, 0.15) is 0 Å². The largest absolute Gasteiger partial charge is 0.458 e. The Balaban J connectivity index is 1.38. The molecule has 0 fully saturated rings. The second-order valence-corrected chi connectivity index (χ2v) is 9.72. The van der Waals surface area contributed by atoms with E-state index in [-0.39, 0.29) is 6.71 Å². The predicted molar refractivity (Wildman–Crippen MR) is 154 cm³/mol. The minimum absolute atomic E-state index is 0.0765. The number of benzene rings is 3. The first-order valence-corrected chi connectivity index (χ1v) is 12.9. The van der Waals surface area contributed by atoms with Crippen molar-refractivity contribution in [3.05, 3.63) is 122 Å². The fraction of sp³-hybridized carbons (Fsp3) is 0. The van der Waals surface area contributed by atoms with E-state index < -0.39 is 0 Å². The number of rotatable bonds is 3. The van der Waals surface area contributed by atoms with Crippen molar-refractivity contribution in [2.45, 2.75) is 0 Å². The minimum atomic E-state index is -0.0765. The van der Waals surface area contributed by atoms with Gasteiger partial charge in [-0.1, -0.05) is 42.5 Å². The molecular formula is C33H20BN3O2. The highest BCUT2D eigenvalue weighted by Crippen LogP contribution is 2.41. The van der Waals surface area contributed by atoms with Crippen molar-refractivity contribution in [1.82, 2.24) is 15.0 Å². The Morgan fingerprint density at radius 2 is 1.03 bits per heavy atom. The summed E-state index contributed by atoms with van der Waals surface area (Å²) < 4.78 is 13.2. The smallest absolute Gasteiger partial charge is 0.260 e. The molecule has 5 heterocycles. The lowest BCUT2D eigenvalue weighted by atomic mass is 9.34. The van der Waals surface area contributed by atoms with Crippen LogP contribution in [-0.2, 0) is 0 Å². The number of hydrogen-bond acceptors (Lipinski definition) is 5. The molecule has 0 aliphatic carbocycles. The van der Waals surface area contributed by atoms with Crippen LogP contribution in [0.2, 0.25) is 0 Å². The molecule has 0 unspecified atom stereocenters. The van der Waals surface area contributed by atoms with Gasteiger partial charge in [0.1, 0.15) is 23.0 Å². The van der Waals surface area contributed by atoms with Crippen molar-refractivity contribution < 1.29 is 9.47 Å². The molecule has 8 rings (SSSR count). The van der Waals surface area contributed by atoms with Crippen LogP contribution in [0.4, 0.5) is 0 Å². The van der Waals surface area contributed by atoms with Gasteiger partial charge >= 0.3 is 0 Å². The predicted octanol–water partition coefficient (Wildman–Crippen LogP) is 5.60. The molecule has 0 saturated heterocycles. The summed E-state index contributed by atoms with van der Waals surface area (Å²) >= 11 is 0.